The summed E-state index contributed by atoms with van der Waals surface area (Å²) in [5.41, 5.74) is 3.29. The molecule has 11 heteroatoms. The molecule has 1 fully saturated rings. The van der Waals surface area contributed by atoms with Gasteiger partial charge in [0.25, 0.3) is 0 Å². The average Bonchev–Trinajstić information content (AvgIpc) is 3.52. The second kappa shape index (κ2) is 14.4. The summed E-state index contributed by atoms with van der Waals surface area (Å²) in [6.07, 6.45) is 5.30. The molecule has 1 amide bonds. The van der Waals surface area contributed by atoms with Crippen molar-refractivity contribution >= 4 is 57.1 Å². The average molecular weight is 633 g/mol. The molecule has 3 aromatic carbocycles. The van der Waals surface area contributed by atoms with Crippen LogP contribution in [0.4, 0.5) is 17.1 Å². The summed E-state index contributed by atoms with van der Waals surface area (Å²) in [5, 5.41) is 17.9. The molecule has 1 aromatic heterocycles. The number of carbonyl (C=O) groups is 1. The van der Waals surface area contributed by atoms with Crippen LogP contribution in [0.15, 0.2) is 72.9 Å². The number of benzene rings is 3. The predicted molar refractivity (Wildman–Crippen MR) is 173 cm³/mol. The number of ether oxygens (including phenoxy) is 3. The van der Waals surface area contributed by atoms with E-state index in [1.165, 1.54) is 12.3 Å². The molecule has 1 saturated heterocycles. The topological polar surface area (TPSA) is 109 Å². The third kappa shape index (κ3) is 7.78. The van der Waals surface area contributed by atoms with Crippen molar-refractivity contribution in [1.29, 1.82) is 5.26 Å². The van der Waals surface area contributed by atoms with Gasteiger partial charge in [0.05, 0.1) is 35.0 Å². The molecule has 226 valence electrons. The van der Waals surface area contributed by atoms with Gasteiger partial charge < -0.3 is 29.7 Å². The smallest absolute Gasteiger partial charge is 0.248 e. The first-order valence-electron chi connectivity index (χ1n) is 14.0. The van der Waals surface area contributed by atoms with Gasteiger partial charge in [-0.25, -0.2) is 0 Å². The highest BCUT2D eigenvalue weighted by atomic mass is 35.5. The number of carbonyl (C=O) groups excluding carboxylic acids is 1. The van der Waals surface area contributed by atoms with Crippen LogP contribution in [0.25, 0.3) is 10.9 Å². The Kier molecular flexibility index (Phi) is 10.2. The van der Waals surface area contributed by atoms with Crippen molar-refractivity contribution in [2.75, 3.05) is 44.5 Å². The molecule has 1 atom stereocenters. The van der Waals surface area contributed by atoms with E-state index in [-0.39, 0.29) is 12.0 Å². The molecule has 2 N–H and O–H groups in total. The number of hydrogen-bond donors (Lipinski definition) is 2. The highest BCUT2D eigenvalue weighted by Crippen LogP contribution is 2.39. The van der Waals surface area contributed by atoms with E-state index in [9.17, 15) is 10.1 Å². The lowest BCUT2D eigenvalue weighted by Gasteiger charge is -2.19. The van der Waals surface area contributed by atoms with Crippen molar-refractivity contribution in [2.24, 2.45) is 0 Å². The monoisotopic (exact) mass is 631 g/mol. The van der Waals surface area contributed by atoms with Crippen LogP contribution in [0.5, 0.6) is 11.5 Å². The summed E-state index contributed by atoms with van der Waals surface area (Å²) >= 11 is 12.5. The summed E-state index contributed by atoms with van der Waals surface area (Å²) in [6, 6.07) is 18.5. The minimum absolute atomic E-state index is 0.147. The van der Waals surface area contributed by atoms with Crippen LogP contribution in [0.2, 0.25) is 10.0 Å². The third-order valence-corrected chi connectivity index (χ3v) is 7.35. The number of pyridine rings is 1. The van der Waals surface area contributed by atoms with Gasteiger partial charge in [-0.2, -0.15) is 5.26 Å². The fourth-order valence-corrected chi connectivity index (χ4v) is 4.95. The number of rotatable bonds is 11. The number of nitriles is 1. The Morgan fingerprint density at radius 1 is 1.14 bits per heavy atom. The number of nitrogens with zero attached hydrogens (tertiary/aromatic N) is 3. The lowest BCUT2D eigenvalue weighted by molar-refractivity contribution is -0.111. The van der Waals surface area contributed by atoms with Gasteiger partial charge in [-0.3, -0.25) is 9.78 Å². The molecule has 9 nitrogen and oxygen atoms in total. The number of hydrogen-bond acceptors (Lipinski definition) is 8. The maximum atomic E-state index is 12.9. The van der Waals surface area contributed by atoms with Crippen LogP contribution in [-0.4, -0.2) is 55.7 Å². The Labute approximate surface area is 265 Å². The molecule has 4 aromatic rings. The molecule has 2 heterocycles. The van der Waals surface area contributed by atoms with Gasteiger partial charge in [-0.1, -0.05) is 41.4 Å². The highest BCUT2D eigenvalue weighted by molar-refractivity contribution is 6.32. The summed E-state index contributed by atoms with van der Waals surface area (Å²) < 4.78 is 17.6. The summed E-state index contributed by atoms with van der Waals surface area (Å²) in [5.74, 6) is 0.654. The molecule has 0 spiro atoms. The first-order chi connectivity index (χ1) is 21.3. The minimum Gasteiger partial charge on any atom is -0.487 e. The molecule has 44 heavy (non-hydrogen) atoms. The van der Waals surface area contributed by atoms with Crippen LogP contribution >= 0.6 is 23.2 Å². The molecule has 5 rings (SSSR count). The molecule has 0 radical (unpaired) electrons. The van der Waals surface area contributed by atoms with E-state index in [0.29, 0.717) is 81.4 Å². The third-order valence-electron chi connectivity index (χ3n) is 6.80. The summed E-state index contributed by atoms with van der Waals surface area (Å²) in [4.78, 5) is 19.4. The fraction of sp³-hybridized carbons (Fsp3) is 0.242. The van der Waals surface area contributed by atoms with E-state index in [0.717, 1.165) is 12.0 Å². The quantitative estimate of drug-likeness (QED) is 0.171. The van der Waals surface area contributed by atoms with Crippen LogP contribution in [-0.2, 0) is 16.1 Å². The van der Waals surface area contributed by atoms with E-state index in [2.05, 4.69) is 21.7 Å². The van der Waals surface area contributed by atoms with Gasteiger partial charge in [0.15, 0.2) is 0 Å². The lowest BCUT2D eigenvalue weighted by Crippen LogP contribution is -2.18. The zero-order valence-electron chi connectivity index (χ0n) is 24.3. The molecule has 1 aliphatic heterocycles. The second-order valence-corrected chi connectivity index (χ2v) is 11.3. The summed E-state index contributed by atoms with van der Waals surface area (Å²) in [7, 11) is 3.84. The molecular weight excluding hydrogens is 601 g/mol. The molecule has 0 saturated carbocycles. The maximum Gasteiger partial charge on any atom is 0.248 e. The van der Waals surface area contributed by atoms with E-state index >= 15 is 0 Å². The van der Waals surface area contributed by atoms with Crippen LogP contribution in [0.3, 0.4) is 0 Å². The zero-order chi connectivity index (χ0) is 31.1. The zero-order valence-corrected chi connectivity index (χ0v) is 25.8. The van der Waals surface area contributed by atoms with Crippen LogP contribution < -0.4 is 20.1 Å². The fourth-order valence-electron chi connectivity index (χ4n) is 4.59. The number of halogens is 2. The second-order valence-electron chi connectivity index (χ2n) is 10.4. The molecule has 0 aliphatic carbocycles. The Balaban J connectivity index is 1.45. The number of anilines is 3. The van der Waals surface area contributed by atoms with E-state index in [1.807, 2.05) is 43.3 Å². The minimum atomic E-state index is -0.325. The standard InChI is InChI=1S/C33H31Cl2N5O4/c1-40(2)14-3-4-30(41)39-33-29(44-25-13-15-42-20-25)12-10-26-31(22(17-36)18-37-32(26)33)38-24-9-11-28(27(35)16-24)43-19-21-5-7-23(34)8-6-21/h3-12,16,18,25H,13-15,19-20H2,1-2H3,(H,37,38)(H,39,41)/b4-3+. The van der Waals surface area contributed by atoms with Gasteiger partial charge in [0.1, 0.15) is 36.0 Å². The van der Waals surface area contributed by atoms with Gasteiger partial charge in [0.2, 0.25) is 5.91 Å². The Hall–Kier alpha value is -4.33. The van der Waals surface area contributed by atoms with Crippen molar-refractivity contribution in [3.8, 4) is 17.6 Å². The number of likely N-dealkylation sites (N-methyl/N-ethyl adjacent to an activating group) is 1. The van der Waals surface area contributed by atoms with Gasteiger partial charge in [0, 0.05) is 41.3 Å². The molecule has 1 unspecified atom stereocenters. The Morgan fingerprint density at radius 2 is 1.93 bits per heavy atom. The molecule has 0 bridgehead atoms. The van der Waals surface area contributed by atoms with Crippen molar-refractivity contribution < 1.29 is 19.0 Å². The van der Waals surface area contributed by atoms with Gasteiger partial charge >= 0.3 is 0 Å². The lowest BCUT2D eigenvalue weighted by atomic mass is 10.1. The largest absolute Gasteiger partial charge is 0.487 e. The number of fused-ring (bicyclic) bond motifs is 1. The first kappa shape index (κ1) is 31.1. The Morgan fingerprint density at radius 3 is 2.64 bits per heavy atom. The number of amides is 1. The maximum absolute atomic E-state index is 12.9. The highest BCUT2D eigenvalue weighted by Gasteiger charge is 2.22. The van der Waals surface area contributed by atoms with Crippen LogP contribution in [0.1, 0.15) is 17.5 Å². The SMILES string of the molecule is CN(C)C/C=C/C(=O)Nc1c(OC2CCOC2)ccc2c(Nc3ccc(OCc4ccc(Cl)cc4)c(Cl)c3)c(C#N)cnc12. The Bertz CT molecular complexity index is 1710. The van der Waals surface area contributed by atoms with E-state index < -0.39 is 0 Å². The normalized spacial score (nSPS) is 14.6. The van der Waals surface area contributed by atoms with Crippen molar-refractivity contribution in [2.45, 2.75) is 19.1 Å². The molecule has 1 aliphatic rings. The van der Waals surface area contributed by atoms with Gasteiger partial charge in [-0.05, 0) is 62.1 Å². The van der Waals surface area contributed by atoms with Crippen molar-refractivity contribution in [1.82, 2.24) is 9.88 Å². The number of aromatic nitrogens is 1. The number of nitrogens with one attached hydrogen (secondary N) is 2. The predicted octanol–water partition coefficient (Wildman–Crippen LogP) is 6.96. The van der Waals surface area contributed by atoms with E-state index in [1.54, 1.807) is 36.4 Å². The van der Waals surface area contributed by atoms with Crippen molar-refractivity contribution in [3.63, 3.8) is 0 Å². The van der Waals surface area contributed by atoms with Crippen molar-refractivity contribution in [3.05, 3.63) is 94.1 Å². The van der Waals surface area contributed by atoms with Gasteiger partial charge in [-0.15, -0.1) is 0 Å². The van der Waals surface area contributed by atoms with E-state index in [4.69, 9.17) is 37.4 Å². The van der Waals surface area contributed by atoms with Crippen LogP contribution in [0, 0.1) is 11.3 Å². The first-order valence-corrected chi connectivity index (χ1v) is 14.7. The molecular formula is C33H31Cl2N5O4. The summed E-state index contributed by atoms with van der Waals surface area (Å²) in [6.45, 7) is 2.01.